The summed E-state index contributed by atoms with van der Waals surface area (Å²) in [5, 5.41) is 0. The topological polar surface area (TPSA) is 69.4 Å². The molecular weight excluding hydrogens is 230 g/mol. The standard InChI is InChI=1S/C11H19NO3.ClH/c1-2-15-11(14)9(12)10(13)8-6-4-3-5-7-8;/h8-9H,2-7,12H2,1H3;1H. The van der Waals surface area contributed by atoms with E-state index in [4.69, 9.17) is 10.5 Å². The van der Waals surface area contributed by atoms with Crippen molar-refractivity contribution in [1.82, 2.24) is 0 Å². The molecule has 1 unspecified atom stereocenters. The molecular formula is C11H20ClNO3. The Hall–Kier alpha value is -0.610. The van der Waals surface area contributed by atoms with Crippen molar-refractivity contribution < 1.29 is 14.3 Å². The molecule has 0 aromatic heterocycles. The third kappa shape index (κ3) is 4.10. The minimum atomic E-state index is -1.08. The molecule has 0 radical (unpaired) electrons. The number of rotatable bonds is 4. The first kappa shape index (κ1) is 15.4. The van der Waals surface area contributed by atoms with E-state index < -0.39 is 12.0 Å². The molecule has 0 spiro atoms. The molecule has 1 atom stereocenters. The summed E-state index contributed by atoms with van der Waals surface area (Å²) >= 11 is 0. The fourth-order valence-electron chi connectivity index (χ4n) is 1.99. The van der Waals surface area contributed by atoms with Crippen LogP contribution in [-0.2, 0) is 14.3 Å². The first-order chi connectivity index (χ1) is 7.16. The molecule has 94 valence electrons. The van der Waals surface area contributed by atoms with Gasteiger partial charge in [-0.25, -0.2) is 4.79 Å². The summed E-state index contributed by atoms with van der Waals surface area (Å²) in [4.78, 5) is 23.0. The van der Waals surface area contributed by atoms with E-state index in [0.29, 0.717) is 0 Å². The molecule has 0 bridgehead atoms. The van der Waals surface area contributed by atoms with Gasteiger partial charge in [0.25, 0.3) is 0 Å². The van der Waals surface area contributed by atoms with Crippen molar-refractivity contribution in [3.05, 3.63) is 0 Å². The van der Waals surface area contributed by atoms with E-state index in [1.807, 2.05) is 0 Å². The Morgan fingerprint density at radius 3 is 2.38 bits per heavy atom. The van der Waals surface area contributed by atoms with Crippen LogP contribution in [0.1, 0.15) is 39.0 Å². The second-order valence-electron chi connectivity index (χ2n) is 3.97. The van der Waals surface area contributed by atoms with E-state index in [9.17, 15) is 9.59 Å². The number of Topliss-reactive ketones (excluding diaryl/α,β-unsaturated/α-hetero) is 1. The van der Waals surface area contributed by atoms with Crippen molar-refractivity contribution in [3.63, 3.8) is 0 Å². The summed E-state index contributed by atoms with van der Waals surface area (Å²) in [6.45, 7) is 1.97. The summed E-state index contributed by atoms with van der Waals surface area (Å²) in [5.41, 5.74) is 5.55. The SMILES string of the molecule is CCOC(=O)C(N)C(=O)C1CCCCC1.Cl. The van der Waals surface area contributed by atoms with Gasteiger partial charge in [-0.2, -0.15) is 0 Å². The van der Waals surface area contributed by atoms with Crippen molar-refractivity contribution in [2.75, 3.05) is 6.61 Å². The van der Waals surface area contributed by atoms with Crippen LogP contribution in [0.4, 0.5) is 0 Å². The highest BCUT2D eigenvalue weighted by Gasteiger charge is 2.30. The normalized spacial score (nSPS) is 18.4. The minimum absolute atomic E-state index is 0. The number of halogens is 1. The average molecular weight is 250 g/mol. The van der Waals surface area contributed by atoms with Crippen LogP contribution < -0.4 is 5.73 Å². The Kier molecular flexibility index (Phi) is 7.34. The maximum absolute atomic E-state index is 11.8. The van der Waals surface area contributed by atoms with Gasteiger partial charge in [0.1, 0.15) is 0 Å². The van der Waals surface area contributed by atoms with Gasteiger partial charge in [0, 0.05) is 5.92 Å². The van der Waals surface area contributed by atoms with Gasteiger partial charge in [-0.3, -0.25) is 4.79 Å². The quantitative estimate of drug-likeness (QED) is 0.605. The maximum Gasteiger partial charge on any atom is 0.330 e. The average Bonchev–Trinajstić information content (AvgIpc) is 2.28. The summed E-state index contributed by atoms with van der Waals surface area (Å²) in [7, 11) is 0. The molecule has 1 fully saturated rings. The zero-order valence-electron chi connectivity index (χ0n) is 9.61. The van der Waals surface area contributed by atoms with Gasteiger partial charge in [-0.15, -0.1) is 12.4 Å². The lowest BCUT2D eigenvalue weighted by Crippen LogP contribution is -2.43. The maximum atomic E-state index is 11.8. The number of nitrogens with two attached hydrogens (primary N) is 1. The molecule has 2 N–H and O–H groups in total. The third-order valence-electron chi connectivity index (χ3n) is 2.85. The Morgan fingerprint density at radius 2 is 1.88 bits per heavy atom. The molecule has 0 amide bonds. The number of carbonyl (C=O) groups excluding carboxylic acids is 2. The number of ether oxygens (including phenoxy) is 1. The predicted octanol–water partition coefficient (Wildman–Crippen LogP) is 1.45. The van der Waals surface area contributed by atoms with Crippen molar-refractivity contribution in [2.24, 2.45) is 11.7 Å². The molecule has 5 heteroatoms. The van der Waals surface area contributed by atoms with Crippen LogP contribution in [0.15, 0.2) is 0 Å². The molecule has 0 saturated heterocycles. The van der Waals surface area contributed by atoms with Crippen molar-refractivity contribution >= 4 is 24.2 Å². The molecule has 0 aromatic rings. The molecule has 1 rings (SSSR count). The molecule has 0 heterocycles. The fourth-order valence-corrected chi connectivity index (χ4v) is 1.99. The van der Waals surface area contributed by atoms with Gasteiger partial charge >= 0.3 is 5.97 Å². The van der Waals surface area contributed by atoms with Crippen LogP contribution in [0.5, 0.6) is 0 Å². The van der Waals surface area contributed by atoms with E-state index >= 15 is 0 Å². The number of hydrogen-bond donors (Lipinski definition) is 1. The minimum Gasteiger partial charge on any atom is -0.464 e. The Balaban J connectivity index is 0.00000225. The van der Waals surface area contributed by atoms with Crippen LogP contribution in [-0.4, -0.2) is 24.4 Å². The summed E-state index contributed by atoms with van der Waals surface area (Å²) < 4.78 is 4.73. The lowest BCUT2D eigenvalue weighted by molar-refractivity contribution is -0.148. The number of ketones is 1. The lowest BCUT2D eigenvalue weighted by atomic mass is 9.84. The molecule has 0 aromatic carbocycles. The number of esters is 1. The Morgan fingerprint density at radius 1 is 1.31 bits per heavy atom. The van der Waals surface area contributed by atoms with Crippen LogP contribution in [0, 0.1) is 5.92 Å². The van der Waals surface area contributed by atoms with Gasteiger partial charge < -0.3 is 10.5 Å². The summed E-state index contributed by atoms with van der Waals surface area (Å²) in [6, 6.07) is -1.08. The lowest BCUT2D eigenvalue weighted by Gasteiger charge is -2.22. The summed E-state index contributed by atoms with van der Waals surface area (Å²) in [6.07, 6.45) is 5.04. The molecule has 1 aliphatic carbocycles. The first-order valence-corrected chi connectivity index (χ1v) is 5.62. The highest BCUT2D eigenvalue weighted by atomic mass is 35.5. The highest BCUT2D eigenvalue weighted by molar-refractivity contribution is 6.03. The highest BCUT2D eigenvalue weighted by Crippen LogP contribution is 2.25. The number of hydrogen-bond acceptors (Lipinski definition) is 4. The van der Waals surface area contributed by atoms with Crippen LogP contribution in [0.3, 0.4) is 0 Å². The molecule has 4 nitrogen and oxygen atoms in total. The smallest absolute Gasteiger partial charge is 0.330 e. The molecule has 1 aliphatic rings. The first-order valence-electron chi connectivity index (χ1n) is 5.62. The van der Waals surface area contributed by atoms with Crippen molar-refractivity contribution in [3.8, 4) is 0 Å². The van der Waals surface area contributed by atoms with E-state index in [2.05, 4.69) is 0 Å². The molecule has 16 heavy (non-hydrogen) atoms. The van der Waals surface area contributed by atoms with E-state index in [0.717, 1.165) is 25.7 Å². The second-order valence-corrected chi connectivity index (χ2v) is 3.97. The van der Waals surface area contributed by atoms with Gasteiger partial charge in [-0.05, 0) is 19.8 Å². The second kappa shape index (κ2) is 7.63. The van der Waals surface area contributed by atoms with Gasteiger partial charge in [0.2, 0.25) is 0 Å². The molecule has 1 saturated carbocycles. The van der Waals surface area contributed by atoms with Crippen molar-refractivity contribution in [2.45, 2.75) is 45.1 Å². The Labute approximate surface area is 102 Å². The van der Waals surface area contributed by atoms with Gasteiger partial charge in [0.15, 0.2) is 11.8 Å². The van der Waals surface area contributed by atoms with E-state index in [1.165, 1.54) is 6.42 Å². The van der Waals surface area contributed by atoms with E-state index in [1.54, 1.807) is 6.92 Å². The zero-order valence-corrected chi connectivity index (χ0v) is 10.4. The van der Waals surface area contributed by atoms with Gasteiger partial charge in [0.05, 0.1) is 6.61 Å². The third-order valence-corrected chi connectivity index (χ3v) is 2.85. The van der Waals surface area contributed by atoms with Crippen LogP contribution >= 0.6 is 12.4 Å². The van der Waals surface area contributed by atoms with Crippen molar-refractivity contribution in [1.29, 1.82) is 0 Å². The monoisotopic (exact) mass is 249 g/mol. The predicted molar refractivity (Wildman–Crippen MR) is 63.4 cm³/mol. The van der Waals surface area contributed by atoms with Gasteiger partial charge in [-0.1, -0.05) is 19.3 Å². The van der Waals surface area contributed by atoms with Crippen LogP contribution in [0.2, 0.25) is 0 Å². The largest absolute Gasteiger partial charge is 0.464 e. The molecule has 0 aliphatic heterocycles. The van der Waals surface area contributed by atoms with Crippen LogP contribution in [0.25, 0.3) is 0 Å². The fraction of sp³-hybridized carbons (Fsp3) is 0.818. The summed E-state index contributed by atoms with van der Waals surface area (Å²) in [5.74, 6) is -0.764. The number of carbonyl (C=O) groups is 2. The van der Waals surface area contributed by atoms with E-state index in [-0.39, 0.29) is 30.7 Å². The Bertz CT molecular complexity index is 239. The zero-order chi connectivity index (χ0) is 11.3.